The number of carbonyl (C=O) groups is 1. The summed E-state index contributed by atoms with van der Waals surface area (Å²) in [6.45, 7) is 1.03. The molecule has 0 unspecified atom stereocenters. The second-order valence-electron chi connectivity index (χ2n) is 5.49. The van der Waals surface area contributed by atoms with E-state index in [4.69, 9.17) is 14.9 Å². The van der Waals surface area contributed by atoms with Crippen LogP contribution in [0, 0.1) is 0 Å². The Labute approximate surface area is 146 Å². The van der Waals surface area contributed by atoms with Crippen molar-refractivity contribution in [3.05, 3.63) is 78.8 Å². The Morgan fingerprint density at radius 2 is 1.68 bits per heavy atom. The lowest BCUT2D eigenvalue weighted by molar-refractivity contribution is 0.0960. The Bertz CT molecular complexity index is 784. The van der Waals surface area contributed by atoms with Gasteiger partial charge in [-0.2, -0.15) is 0 Å². The number of para-hydroxylation sites is 1. The van der Waals surface area contributed by atoms with Gasteiger partial charge in [-0.15, -0.1) is 0 Å². The van der Waals surface area contributed by atoms with Crippen LogP contribution in [-0.2, 0) is 0 Å². The molecule has 2 aromatic carbocycles. The van der Waals surface area contributed by atoms with Gasteiger partial charge in [0.05, 0.1) is 6.26 Å². The predicted molar refractivity (Wildman–Crippen MR) is 97.0 cm³/mol. The standard InChI is InChI=1S/C20H20N2O3/c21-13-5-14-22(20(23)19-8-4-15-24-19)16-9-11-18(12-10-16)25-17-6-2-1-3-7-17/h1-4,6-12,15H,5,13-14,21H2. The van der Waals surface area contributed by atoms with Crippen molar-refractivity contribution < 1.29 is 13.9 Å². The van der Waals surface area contributed by atoms with Crippen LogP contribution in [0.5, 0.6) is 11.5 Å². The van der Waals surface area contributed by atoms with Crippen LogP contribution in [0.25, 0.3) is 0 Å². The number of hydrogen-bond donors (Lipinski definition) is 1. The summed E-state index contributed by atoms with van der Waals surface area (Å²) in [4.78, 5) is 14.3. The molecule has 25 heavy (non-hydrogen) atoms. The number of benzene rings is 2. The minimum atomic E-state index is -0.185. The lowest BCUT2D eigenvalue weighted by Gasteiger charge is -2.22. The Morgan fingerprint density at radius 3 is 2.32 bits per heavy atom. The number of rotatable bonds is 7. The van der Waals surface area contributed by atoms with Gasteiger partial charge in [-0.05, 0) is 61.5 Å². The van der Waals surface area contributed by atoms with Crippen molar-refractivity contribution in [3.8, 4) is 11.5 Å². The van der Waals surface area contributed by atoms with E-state index < -0.39 is 0 Å². The molecular weight excluding hydrogens is 316 g/mol. The summed E-state index contributed by atoms with van der Waals surface area (Å²) in [5.74, 6) is 1.60. The van der Waals surface area contributed by atoms with Crippen LogP contribution in [0.1, 0.15) is 17.0 Å². The van der Waals surface area contributed by atoms with Gasteiger partial charge in [0.2, 0.25) is 0 Å². The molecule has 0 saturated carbocycles. The highest BCUT2D eigenvalue weighted by Crippen LogP contribution is 2.25. The Balaban J connectivity index is 1.77. The fraction of sp³-hybridized carbons (Fsp3) is 0.150. The van der Waals surface area contributed by atoms with Crippen LogP contribution < -0.4 is 15.4 Å². The molecule has 0 fully saturated rings. The van der Waals surface area contributed by atoms with Crippen molar-refractivity contribution in [1.29, 1.82) is 0 Å². The largest absolute Gasteiger partial charge is 0.459 e. The number of carbonyl (C=O) groups excluding carboxylic acids is 1. The molecule has 1 amide bonds. The van der Waals surface area contributed by atoms with E-state index in [1.165, 1.54) is 6.26 Å². The van der Waals surface area contributed by atoms with Gasteiger partial charge in [-0.25, -0.2) is 0 Å². The fourth-order valence-corrected chi connectivity index (χ4v) is 2.45. The monoisotopic (exact) mass is 336 g/mol. The topological polar surface area (TPSA) is 68.7 Å². The van der Waals surface area contributed by atoms with E-state index in [9.17, 15) is 4.79 Å². The highest BCUT2D eigenvalue weighted by Gasteiger charge is 2.19. The molecule has 0 spiro atoms. The van der Waals surface area contributed by atoms with Gasteiger partial charge >= 0.3 is 0 Å². The summed E-state index contributed by atoms with van der Waals surface area (Å²) in [5.41, 5.74) is 6.38. The molecular formula is C20H20N2O3. The Kier molecular flexibility index (Phi) is 5.49. The molecule has 5 nitrogen and oxygen atoms in total. The van der Waals surface area contributed by atoms with Gasteiger partial charge in [-0.1, -0.05) is 18.2 Å². The third-order valence-corrected chi connectivity index (χ3v) is 3.69. The first kappa shape index (κ1) is 16.8. The third kappa shape index (κ3) is 4.28. The molecule has 3 rings (SSSR count). The zero-order chi connectivity index (χ0) is 17.5. The first-order valence-electron chi connectivity index (χ1n) is 8.16. The summed E-state index contributed by atoms with van der Waals surface area (Å²) in [6.07, 6.45) is 2.19. The van der Waals surface area contributed by atoms with E-state index in [1.807, 2.05) is 54.6 Å². The minimum Gasteiger partial charge on any atom is -0.459 e. The van der Waals surface area contributed by atoms with E-state index in [1.54, 1.807) is 17.0 Å². The number of anilines is 1. The lowest BCUT2D eigenvalue weighted by atomic mass is 10.2. The maximum Gasteiger partial charge on any atom is 0.293 e. The van der Waals surface area contributed by atoms with Crippen molar-refractivity contribution in [2.24, 2.45) is 5.73 Å². The zero-order valence-corrected chi connectivity index (χ0v) is 13.8. The first-order valence-corrected chi connectivity index (χ1v) is 8.16. The number of hydrogen-bond acceptors (Lipinski definition) is 4. The molecule has 0 aliphatic heterocycles. The van der Waals surface area contributed by atoms with Crippen LogP contribution in [0.3, 0.4) is 0 Å². The number of furan rings is 1. The van der Waals surface area contributed by atoms with Gasteiger partial charge < -0.3 is 19.8 Å². The van der Waals surface area contributed by atoms with Crippen LogP contribution in [-0.4, -0.2) is 19.0 Å². The summed E-state index contributed by atoms with van der Waals surface area (Å²) < 4.78 is 11.0. The second-order valence-corrected chi connectivity index (χ2v) is 5.49. The average molecular weight is 336 g/mol. The van der Waals surface area contributed by atoms with E-state index in [-0.39, 0.29) is 5.91 Å². The normalized spacial score (nSPS) is 10.4. The molecule has 3 aromatic rings. The van der Waals surface area contributed by atoms with E-state index in [0.717, 1.165) is 11.4 Å². The van der Waals surface area contributed by atoms with Crippen molar-refractivity contribution in [1.82, 2.24) is 0 Å². The summed E-state index contributed by atoms with van der Waals surface area (Å²) in [5, 5.41) is 0. The zero-order valence-electron chi connectivity index (χ0n) is 13.8. The molecule has 0 saturated heterocycles. The molecule has 0 aliphatic carbocycles. The summed E-state index contributed by atoms with van der Waals surface area (Å²) in [6, 6.07) is 20.3. The van der Waals surface area contributed by atoms with Gasteiger partial charge in [0.1, 0.15) is 11.5 Å². The highest BCUT2D eigenvalue weighted by molar-refractivity contribution is 6.04. The maximum atomic E-state index is 12.6. The van der Waals surface area contributed by atoms with Crippen molar-refractivity contribution in [3.63, 3.8) is 0 Å². The minimum absolute atomic E-state index is 0.185. The van der Waals surface area contributed by atoms with Gasteiger partial charge in [0.15, 0.2) is 5.76 Å². The van der Waals surface area contributed by atoms with Crippen molar-refractivity contribution in [2.45, 2.75) is 6.42 Å². The molecule has 0 bridgehead atoms. The molecule has 5 heteroatoms. The number of nitrogens with zero attached hydrogens (tertiary/aromatic N) is 1. The number of amides is 1. The van der Waals surface area contributed by atoms with Gasteiger partial charge in [0.25, 0.3) is 5.91 Å². The quantitative estimate of drug-likeness (QED) is 0.706. The smallest absolute Gasteiger partial charge is 0.293 e. The summed E-state index contributed by atoms with van der Waals surface area (Å²) in [7, 11) is 0. The molecule has 1 heterocycles. The van der Waals surface area contributed by atoms with Crippen molar-refractivity contribution in [2.75, 3.05) is 18.0 Å². The van der Waals surface area contributed by atoms with Crippen LogP contribution >= 0.6 is 0 Å². The maximum absolute atomic E-state index is 12.6. The van der Waals surface area contributed by atoms with E-state index in [2.05, 4.69) is 0 Å². The molecule has 128 valence electrons. The SMILES string of the molecule is NCCCN(C(=O)c1ccco1)c1ccc(Oc2ccccc2)cc1. The Hall–Kier alpha value is -3.05. The van der Waals surface area contributed by atoms with Crippen LogP contribution in [0.15, 0.2) is 77.4 Å². The van der Waals surface area contributed by atoms with Gasteiger partial charge in [-0.3, -0.25) is 4.79 Å². The Morgan fingerprint density at radius 1 is 0.960 bits per heavy atom. The molecule has 2 N–H and O–H groups in total. The van der Waals surface area contributed by atoms with E-state index >= 15 is 0 Å². The number of ether oxygens (including phenoxy) is 1. The van der Waals surface area contributed by atoms with Crippen LogP contribution in [0.2, 0.25) is 0 Å². The van der Waals surface area contributed by atoms with Crippen LogP contribution in [0.4, 0.5) is 5.69 Å². The average Bonchev–Trinajstić information content (AvgIpc) is 3.19. The molecule has 1 aromatic heterocycles. The molecule has 0 aliphatic rings. The second kappa shape index (κ2) is 8.17. The molecule has 0 atom stereocenters. The highest BCUT2D eigenvalue weighted by atomic mass is 16.5. The van der Waals surface area contributed by atoms with Crippen molar-refractivity contribution >= 4 is 11.6 Å². The first-order chi connectivity index (χ1) is 12.3. The van der Waals surface area contributed by atoms with Gasteiger partial charge in [0, 0.05) is 12.2 Å². The third-order valence-electron chi connectivity index (χ3n) is 3.69. The number of nitrogens with two attached hydrogens (primary N) is 1. The summed E-state index contributed by atoms with van der Waals surface area (Å²) >= 11 is 0. The molecule has 0 radical (unpaired) electrons. The fourth-order valence-electron chi connectivity index (χ4n) is 2.45. The predicted octanol–water partition coefficient (Wildman–Crippen LogP) is 4.07. The lowest BCUT2D eigenvalue weighted by Crippen LogP contribution is -2.32. The van der Waals surface area contributed by atoms with E-state index in [0.29, 0.717) is 31.0 Å².